The molecular weight excluding hydrogens is 198 g/mol. The Morgan fingerprint density at radius 2 is 1.87 bits per heavy atom. The highest BCUT2D eigenvalue weighted by atomic mass is 16.4. The first-order chi connectivity index (χ1) is 6.91. The molecule has 1 atom stereocenters. The van der Waals surface area contributed by atoms with E-state index in [1.165, 1.54) is 12.1 Å². The maximum Gasteiger partial charge on any atom is 0.334 e. The number of carbonyl (C=O) groups is 1. The number of carboxylic acid groups (broad SMARTS) is 1. The number of aliphatic hydroxyl groups is 1. The van der Waals surface area contributed by atoms with Crippen LogP contribution in [-0.4, -0.2) is 26.9 Å². The first kappa shape index (κ1) is 11.5. The van der Waals surface area contributed by atoms with Crippen molar-refractivity contribution in [2.45, 2.75) is 26.5 Å². The highest BCUT2D eigenvalue weighted by Gasteiger charge is 2.15. The number of aromatic nitrogens is 1. The summed E-state index contributed by atoms with van der Waals surface area (Å²) in [6.07, 6.45) is -1.45. The maximum atomic E-state index is 11.1. The molecule has 1 unspecified atom stereocenters. The van der Waals surface area contributed by atoms with Crippen molar-refractivity contribution in [3.8, 4) is 0 Å². The lowest BCUT2D eigenvalue weighted by atomic mass is 10.2. The van der Waals surface area contributed by atoms with Crippen LogP contribution in [0, 0.1) is 13.8 Å². The van der Waals surface area contributed by atoms with Gasteiger partial charge in [-0.1, -0.05) is 0 Å². The first-order valence-electron chi connectivity index (χ1n) is 4.51. The zero-order valence-electron chi connectivity index (χ0n) is 8.60. The minimum atomic E-state index is -1.45. The fourth-order valence-electron chi connectivity index (χ4n) is 1.43. The summed E-state index contributed by atoms with van der Waals surface area (Å²) in [5.74, 6) is -1.27. The summed E-state index contributed by atoms with van der Waals surface area (Å²) in [4.78, 5) is 21.6. The lowest BCUT2D eigenvalue weighted by Gasteiger charge is -2.15. The average Bonchev–Trinajstić information content (AvgIpc) is 2.10. The molecule has 5 heteroatoms. The molecule has 0 radical (unpaired) electrons. The number of rotatable bonds is 3. The zero-order valence-corrected chi connectivity index (χ0v) is 8.60. The number of carboxylic acids is 1. The summed E-state index contributed by atoms with van der Waals surface area (Å²) in [6, 6.07) is 2.81. The molecule has 0 bridgehead atoms. The predicted molar refractivity (Wildman–Crippen MR) is 53.8 cm³/mol. The first-order valence-corrected chi connectivity index (χ1v) is 4.51. The highest BCUT2D eigenvalue weighted by molar-refractivity contribution is 5.71. The number of pyridine rings is 1. The van der Waals surface area contributed by atoms with E-state index in [1.54, 1.807) is 18.4 Å². The van der Waals surface area contributed by atoms with Gasteiger partial charge in [-0.15, -0.1) is 0 Å². The standard InChI is InChI=1S/C10H13NO4/c1-6-3-8(12)4-7(2)11(6)5-9(13)10(14)15/h3-4,9,13H,5H2,1-2H3,(H,14,15). The Hall–Kier alpha value is -1.62. The van der Waals surface area contributed by atoms with E-state index in [1.807, 2.05) is 0 Å². The number of aliphatic carboxylic acids is 1. The Bertz CT molecular complexity index is 409. The van der Waals surface area contributed by atoms with Crippen molar-refractivity contribution in [1.82, 2.24) is 4.57 Å². The van der Waals surface area contributed by atoms with Crippen molar-refractivity contribution >= 4 is 5.97 Å². The van der Waals surface area contributed by atoms with E-state index in [9.17, 15) is 14.7 Å². The third-order valence-electron chi connectivity index (χ3n) is 2.19. The number of hydrogen-bond donors (Lipinski definition) is 2. The lowest BCUT2D eigenvalue weighted by Crippen LogP contribution is -2.28. The second-order valence-corrected chi connectivity index (χ2v) is 3.44. The van der Waals surface area contributed by atoms with Crippen LogP contribution < -0.4 is 5.43 Å². The summed E-state index contributed by atoms with van der Waals surface area (Å²) < 4.78 is 1.60. The van der Waals surface area contributed by atoms with E-state index in [0.717, 1.165) is 0 Å². The summed E-state index contributed by atoms with van der Waals surface area (Å²) in [5, 5.41) is 17.8. The number of hydrogen-bond acceptors (Lipinski definition) is 3. The Morgan fingerprint density at radius 1 is 1.40 bits per heavy atom. The van der Waals surface area contributed by atoms with Crippen LogP contribution in [0.2, 0.25) is 0 Å². The molecule has 2 N–H and O–H groups in total. The highest BCUT2D eigenvalue weighted by Crippen LogP contribution is 2.03. The zero-order chi connectivity index (χ0) is 11.6. The topological polar surface area (TPSA) is 79.5 Å². The summed E-state index contributed by atoms with van der Waals surface area (Å²) in [5.41, 5.74) is 1.16. The van der Waals surface area contributed by atoms with Crippen LogP contribution in [0.1, 0.15) is 11.4 Å². The third kappa shape index (κ3) is 2.66. The quantitative estimate of drug-likeness (QED) is 0.732. The van der Waals surface area contributed by atoms with Crippen LogP contribution in [0.4, 0.5) is 0 Å². The van der Waals surface area contributed by atoms with Crippen LogP contribution in [-0.2, 0) is 11.3 Å². The molecule has 0 fully saturated rings. The molecule has 5 nitrogen and oxygen atoms in total. The van der Waals surface area contributed by atoms with Gasteiger partial charge in [0.1, 0.15) is 0 Å². The SMILES string of the molecule is Cc1cc(=O)cc(C)n1CC(O)C(=O)O. The van der Waals surface area contributed by atoms with Crippen molar-refractivity contribution in [3.05, 3.63) is 33.7 Å². The smallest absolute Gasteiger partial charge is 0.334 e. The van der Waals surface area contributed by atoms with Crippen LogP contribution in [0.5, 0.6) is 0 Å². The van der Waals surface area contributed by atoms with Gasteiger partial charge in [-0.2, -0.15) is 0 Å². The van der Waals surface area contributed by atoms with E-state index >= 15 is 0 Å². The van der Waals surface area contributed by atoms with Crippen LogP contribution in [0.15, 0.2) is 16.9 Å². The van der Waals surface area contributed by atoms with Crippen molar-refractivity contribution in [2.24, 2.45) is 0 Å². The largest absolute Gasteiger partial charge is 0.479 e. The molecule has 1 heterocycles. The van der Waals surface area contributed by atoms with Gasteiger partial charge in [0.2, 0.25) is 0 Å². The van der Waals surface area contributed by atoms with E-state index in [2.05, 4.69) is 0 Å². The van der Waals surface area contributed by atoms with E-state index in [0.29, 0.717) is 11.4 Å². The van der Waals surface area contributed by atoms with Crippen LogP contribution >= 0.6 is 0 Å². The molecule has 0 aliphatic carbocycles. The van der Waals surface area contributed by atoms with Gasteiger partial charge in [0.05, 0.1) is 6.54 Å². The summed E-state index contributed by atoms with van der Waals surface area (Å²) in [6.45, 7) is 3.35. The molecular formula is C10H13NO4. The Kier molecular flexibility index (Phi) is 3.26. The molecule has 0 amide bonds. The van der Waals surface area contributed by atoms with Crippen molar-refractivity contribution in [1.29, 1.82) is 0 Å². The maximum absolute atomic E-state index is 11.1. The van der Waals surface area contributed by atoms with Crippen molar-refractivity contribution < 1.29 is 15.0 Å². The summed E-state index contributed by atoms with van der Waals surface area (Å²) in [7, 11) is 0. The molecule has 15 heavy (non-hydrogen) atoms. The molecule has 1 rings (SSSR count). The molecule has 0 aromatic carbocycles. The summed E-state index contributed by atoms with van der Waals surface area (Å²) >= 11 is 0. The van der Waals surface area contributed by atoms with Gasteiger partial charge in [-0.05, 0) is 13.8 Å². The third-order valence-corrected chi connectivity index (χ3v) is 2.19. The Morgan fingerprint density at radius 3 is 2.27 bits per heavy atom. The Labute approximate surface area is 86.6 Å². The number of aryl methyl sites for hydroxylation is 2. The molecule has 0 saturated carbocycles. The minimum Gasteiger partial charge on any atom is -0.479 e. The molecule has 82 valence electrons. The lowest BCUT2D eigenvalue weighted by molar-refractivity contribution is -0.147. The van der Waals surface area contributed by atoms with Gasteiger partial charge in [-0.25, -0.2) is 4.79 Å². The van der Waals surface area contributed by atoms with Crippen LogP contribution in [0.3, 0.4) is 0 Å². The van der Waals surface area contributed by atoms with Gasteiger partial charge in [0.25, 0.3) is 0 Å². The van der Waals surface area contributed by atoms with Gasteiger partial charge in [0, 0.05) is 23.5 Å². The molecule has 0 saturated heterocycles. The Balaban J connectivity index is 3.05. The van der Waals surface area contributed by atoms with Gasteiger partial charge < -0.3 is 14.8 Å². The van der Waals surface area contributed by atoms with E-state index < -0.39 is 12.1 Å². The average molecular weight is 211 g/mol. The minimum absolute atomic E-state index is 0.0483. The molecule has 1 aromatic rings. The second kappa shape index (κ2) is 4.27. The van der Waals surface area contributed by atoms with Crippen LogP contribution in [0.25, 0.3) is 0 Å². The molecule has 0 aliphatic heterocycles. The second-order valence-electron chi connectivity index (χ2n) is 3.44. The fraction of sp³-hybridized carbons (Fsp3) is 0.400. The molecule has 0 aliphatic rings. The van der Waals surface area contributed by atoms with Crippen molar-refractivity contribution in [2.75, 3.05) is 0 Å². The monoisotopic (exact) mass is 211 g/mol. The van der Waals surface area contributed by atoms with Gasteiger partial charge in [-0.3, -0.25) is 4.79 Å². The van der Waals surface area contributed by atoms with Gasteiger partial charge in [0.15, 0.2) is 11.5 Å². The predicted octanol–water partition coefficient (Wildman–Crippen LogP) is -0.0894. The molecule has 1 aromatic heterocycles. The van der Waals surface area contributed by atoms with E-state index in [4.69, 9.17) is 5.11 Å². The van der Waals surface area contributed by atoms with E-state index in [-0.39, 0.29) is 12.0 Å². The molecule has 0 spiro atoms. The fourth-order valence-corrected chi connectivity index (χ4v) is 1.43. The van der Waals surface area contributed by atoms with Crippen molar-refractivity contribution in [3.63, 3.8) is 0 Å². The van der Waals surface area contributed by atoms with Gasteiger partial charge >= 0.3 is 5.97 Å². The normalized spacial score (nSPS) is 12.5. The number of nitrogens with zero attached hydrogens (tertiary/aromatic N) is 1. The number of aliphatic hydroxyl groups excluding tert-OH is 1.